The van der Waals surface area contributed by atoms with Gasteiger partial charge in [-0.1, -0.05) is 12.1 Å². The van der Waals surface area contributed by atoms with Gasteiger partial charge in [-0.3, -0.25) is 4.79 Å². The molecule has 1 aliphatic heterocycles. The number of benzene rings is 1. The van der Waals surface area contributed by atoms with Crippen LogP contribution in [0.4, 0.5) is 0 Å². The molecule has 1 aromatic rings. The van der Waals surface area contributed by atoms with Crippen molar-refractivity contribution in [2.75, 3.05) is 12.3 Å². The largest absolute Gasteiger partial charge is 0.366 e. The van der Waals surface area contributed by atoms with E-state index < -0.39 is 15.7 Å². The Morgan fingerprint density at radius 3 is 2.53 bits per heavy atom. The highest BCUT2D eigenvalue weighted by atomic mass is 32.2. The number of sulfone groups is 1. The third kappa shape index (κ3) is 3.54. The van der Waals surface area contributed by atoms with Crippen molar-refractivity contribution < 1.29 is 13.2 Å². The van der Waals surface area contributed by atoms with E-state index in [9.17, 15) is 13.2 Å². The Hall–Kier alpha value is -1.40. The molecule has 6 heteroatoms. The van der Waals surface area contributed by atoms with Crippen LogP contribution in [0.25, 0.3) is 0 Å². The van der Waals surface area contributed by atoms with Gasteiger partial charge >= 0.3 is 0 Å². The first kappa shape index (κ1) is 14.0. The number of amides is 1. The molecule has 0 aliphatic carbocycles. The Morgan fingerprint density at radius 1 is 1.32 bits per heavy atom. The smallest absolute Gasteiger partial charge is 0.248 e. The first-order valence-corrected chi connectivity index (χ1v) is 8.01. The fraction of sp³-hybridized carbons (Fsp3) is 0.462. The summed E-state index contributed by atoms with van der Waals surface area (Å²) in [6.07, 6.45) is 1.51. The Balaban J connectivity index is 1.84. The zero-order valence-electron chi connectivity index (χ0n) is 10.6. The summed E-state index contributed by atoms with van der Waals surface area (Å²) in [5, 5.41) is 2.90. The topological polar surface area (TPSA) is 89.3 Å². The lowest BCUT2D eigenvalue weighted by atomic mass is 10.1. The van der Waals surface area contributed by atoms with Gasteiger partial charge in [0.05, 0.1) is 11.0 Å². The number of rotatable bonds is 5. The second-order valence-electron chi connectivity index (χ2n) is 4.82. The molecule has 1 heterocycles. The van der Waals surface area contributed by atoms with Crippen LogP contribution in [-0.4, -0.2) is 31.9 Å². The molecule has 1 amide bonds. The molecule has 1 saturated heterocycles. The van der Waals surface area contributed by atoms with E-state index in [1.807, 2.05) is 12.1 Å². The van der Waals surface area contributed by atoms with E-state index in [2.05, 4.69) is 5.32 Å². The van der Waals surface area contributed by atoms with Gasteiger partial charge < -0.3 is 11.1 Å². The summed E-state index contributed by atoms with van der Waals surface area (Å²) in [6.45, 7) is 1.07. The lowest BCUT2D eigenvalue weighted by Gasteiger charge is -2.10. The van der Waals surface area contributed by atoms with E-state index >= 15 is 0 Å². The van der Waals surface area contributed by atoms with Gasteiger partial charge in [-0.15, -0.1) is 0 Å². The molecule has 1 unspecified atom stereocenters. The fourth-order valence-electron chi connectivity index (χ4n) is 2.25. The Labute approximate surface area is 113 Å². The Kier molecular flexibility index (Phi) is 4.21. The molecule has 1 atom stereocenters. The summed E-state index contributed by atoms with van der Waals surface area (Å²) in [6, 6.07) is 6.98. The molecule has 1 fully saturated rings. The zero-order chi connectivity index (χ0) is 13.9. The molecule has 5 nitrogen and oxygen atoms in total. The highest BCUT2D eigenvalue weighted by molar-refractivity contribution is 7.92. The predicted molar refractivity (Wildman–Crippen MR) is 73.5 cm³/mol. The minimum atomic E-state index is -2.88. The van der Waals surface area contributed by atoms with E-state index in [4.69, 9.17) is 5.73 Å². The van der Waals surface area contributed by atoms with Crippen LogP contribution >= 0.6 is 0 Å². The lowest BCUT2D eigenvalue weighted by Crippen LogP contribution is -2.30. The predicted octanol–water partition coefficient (Wildman–Crippen LogP) is 0.452. The molecule has 2 rings (SSSR count). The number of carbonyl (C=O) groups excluding carboxylic acids is 1. The molecule has 3 N–H and O–H groups in total. The molecular formula is C13H18N2O3S. The summed E-state index contributed by atoms with van der Waals surface area (Å²) >= 11 is 0. The molecule has 1 aliphatic rings. The molecular weight excluding hydrogens is 264 g/mol. The zero-order valence-corrected chi connectivity index (χ0v) is 11.4. The number of hydrogen-bond donors (Lipinski definition) is 2. The SMILES string of the molecule is NC(=O)c1ccc(CNCC2CCCS2(=O)=O)cc1. The van der Waals surface area contributed by atoms with Gasteiger partial charge in [0.2, 0.25) is 5.91 Å². The van der Waals surface area contributed by atoms with E-state index in [0.717, 1.165) is 18.4 Å². The summed E-state index contributed by atoms with van der Waals surface area (Å²) in [4.78, 5) is 10.9. The normalized spacial score (nSPS) is 21.4. The standard InChI is InChI=1S/C13H18N2O3S/c14-13(16)11-5-3-10(4-6-11)8-15-9-12-2-1-7-19(12,17)18/h3-6,12,15H,1-2,7-9H2,(H2,14,16). The first-order chi connectivity index (χ1) is 8.99. The summed E-state index contributed by atoms with van der Waals surface area (Å²) in [5.41, 5.74) is 6.63. The van der Waals surface area contributed by atoms with E-state index in [1.165, 1.54) is 0 Å². The minimum Gasteiger partial charge on any atom is -0.366 e. The van der Waals surface area contributed by atoms with Crippen molar-refractivity contribution >= 4 is 15.7 Å². The number of hydrogen-bond acceptors (Lipinski definition) is 4. The number of carbonyl (C=O) groups is 1. The fourth-order valence-corrected chi connectivity index (χ4v) is 4.05. The van der Waals surface area contributed by atoms with Gasteiger partial charge in [0.25, 0.3) is 0 Å². The van der Waals surface area contributed by atoms with Crippen LogP contribution in [0.2, 0.25) is 0 Å². The van der Waals surface area contributed by atoms with Crippen LogP contribution in [0.1, 0.15) is 28.8 Å². The average molecular weight is 282 g/mol. The van der Waals surface area contributed by atoms with E-state index in [0.29, 0.717) is 24.4 Å². The summed E-state index contributed by atoms with van der Waals surface area (Å²) < 4.78 is 23.3. The van der Waals surface area contributed by atoms with Crippen LogP contribution in [0, 0.1) is 0 Å². The number of primary amides is 1. The van der Waals surface area contributed by atoms with Crippen molar-refractivity contribution in [3.8, 4) is 0 Å². The van der Waals surface area contributed by atoms with E-state index in [1.54, 1.807) is 12.1 Å². The van der Waals surface area contributed by atoms with Gasteiger partial charge in [0.1, 0.15) is 0 Å². The van der Waals surface area contributed by atoms with Crippen molar-refractivity contribution in [3.05, 3.63) is 35.4 Å². The number of nitrogens with one attached hydrogen (secondary N) is 1. The molecule has 104 valence electrons. The Bertz CT molecular complexity index is 552. The maximum Gasteiger partial charge on any atom is 0.248 e. The van der Waals surface area contributed by atoms with Crippen molar-refractivity contribution in [3.63, 3.8) is 0 Å². The van der Waals surface area contributed by atoms with Gasteiger partial charge in [0, 0.05) is 18.7 Å². The third-order valence-corrected chi connectivity index (χ3v) is 5.68. The highest BCUT2D eigenvalue weighted by Gasteiger charge is 2.30. The van der Waals surface area contributed by atoms with Crippen molar-refractivity contribution in [1.29, 1.82) is 0 Å². The summed E-state index contributed by atoms with van der Waals surface area (Å²) in [7, 11) is -2.88. The first-order valence-electron chi connectivity index (χ1n) is 6.30. The van der Waals surface area contributed by atoms with Crippen molar-refractivity contribution in [1.82, 2.24) is 5.32 Å². The van der Waals surface area contributed by atoms with Gasteiger partial charge in [-0.2, -0.15) is 0 Å². The molecule has 19 heavy (non-hydrogen) atoms. The minimum absolute atomic E-state index is 0.252. The van der Waals surface area contributed by atoms with Crippen LogP contribution in [0.3, 0.4) is 0 Å². The monoisotopic (exact) mass is 282 g/mol. The lowest BCUT2D eigenvalue weighted by molar-refractivity contribution is 0.100. The van der Waals surface area contributed by atoms with Crippen LogP contribution in [0.5, 0.6) is 0 Å². The molecule has 0 aromatic heterocycles. The second kappa shape index (κ2) is 5.71. The molecule has 1 aromatic carbocycles. The van der Waals surface area contributed by atoms with Crippen LogP contribution in [-0.2, 0) is 16.4 Å². The summed E-state index contributed by atoms with van der Waals surface area (Å²) in [5.74, 6) is -0.135. The quantitative estimate of drug-likeness (QED) is 0.820. The maximum absolute atomic E-state index is 11.6. The van der Waals surface area contributed by atoms with Gasteiger partial charge in [0.15, 0.2) is 9.84 Å². The molecule has 0 radical (unpaired) electrons. The second-order valence-corrected chi connectivity index (χ2v) is 7.22. The molecule has 0 bridgehead atoms. The van der Waals surface area contributed by atoms with Crippen LogP contribution < -0.4 is 11.1 Å². The van der Waals surface area contributed by atoms with Gasteiger partial charge in [-0.25, -0.2) is 8.42 Å². The van der Waals surface area contributed by atoms with Crippen molar-refractivity contribution in [2.24, 2.45) is 5.73 Å². The molecule has 0 saturated carbocycles. The van der Waals surface area contributed by atoms with Gasteiger partial charge in [-0.05, 0) is 30.5 Å². The van der Waals surface area contributed by atoms with Crippen molar-refractivity contribution in [2.45, 2.75) is 24.6 Å². The van der Waals surface area contributed by atoms with Crippen LogP contribution in [0.15, 0.2) is 24.3 Å². The maximum atomic E-state index is 11.6. The average Bonchev–Trinajstić information content (AvgIpc) is 2.69. The third-order valence-electron chi connectivity index (χ3n) is 3.40. The van der Waals surface area contributed by atoms with E-state index in [-0.39, 0.29) is 5.25 Å². The number of nitrogens with two attached hydrogens (primary N) is 1. The Morgan fingerprint density at radius 2 is 2.00 bits per heavy atom. The highest BCUT2D eigenvalue weighted by Crippen LogP contribution is 2.19. The molecule has 0 spiro atoms.